The van der Waals surface area contributed by atoms with Crippen molar-refractivity contribution in [2.45, 2.75) is 6.18 Å². The maximum absolute atomic E-state index is 12.0. The SMILES string of the molecule is O=C(Nc1ccc(C(=O)NCC(F)(F)F)s1)c1ccco1. The van der Waals surface area contributed by atoms with Crippen molar-refractivity contribution < 1.29 is 27.2 Å². The summed E-state index contributed by atoms with van der Waals surface area (Å²) in [5, 5.41) is 4.55. The van der Waals surface area contributed by atoms with E-state index < -0.39 is 24.5 Å². The van der Waals surface area contributed by atoms with Crippen molar-refractivity contribution in [3.8, 4) is 0 Å². The second-order valence-corrected chi connectivity index (χ2v) is 4.98. The maximum atomic E-state index is 12.0. The molecule has 0 fully saturated rings. The minimum atomic E-state index is -4.47. The number of anilines is 1. The smallest absolute Gasteiger partial charge is 0.405 e. The number of rotatable bonds is 4. The molecule has 2 aromatic rings. The number of carbonyl (C=O) groups excluding carboxylic acids is 2. The first-order valence-corrected chi connectivity index (χ1v) is 6.46. The lowest BCUT2D eigenvalue weighted by atomic mass is 10.4. The van der Waals surface area contributed by atoms with Crippen LogP contribution in [0.5, 0.6) is 0 Å². The van der Waals surface area contributed by atoms with Crippen molar-refractivity contribution in [1.82, 2.24) is 5.32 Å². The van der Waals surface area contributed by atoms with Crippen molar-refractivity contribution in [1.29, 1.82) is 0 Å². The number of furan rings is 1. The van der Waals surface area contributed by atoms with E-state index in [1.165, 1.54) is 24.5 Å². The highest BCUT2D eigenvalue weighted by atomic mass is 32.1. The normalized spacial score (nSPS) is 11.2. The summed E-state index contributed by atoms with van der Waals surface area (Å²) in [6, 6.07) is 5.75. The number of hydrogen-bond donors (Lipinski definition) is 2. The van der Waals surface area contributed by atoms with E-state index in [0.29, 0.717) is 5.00 Å². The van der Waals surface area contributed by atoms with Crippen LogP contribution in [0.3, 0.4) is 0 Å². The Bertz CT molecular complexity index is 634. The van der Waals surface area contributed by atoms with Gasteiger partial charge >= 0.3 is 6.18 Å². The highest BCUT2D eigenvalue weighted by Gasteiger charge is 2.28. The van der Waals surface area contributed by atoms with E-state index in [4.69, 9.17) is 4.42 Å². The van der Waals surface area contributed by atoms with E-state index in [1.807, 2.05) is 0 Å². The van der Waals surface area contributed by atoms with Gasteiger partial charge in [0.2, 0.25) is 0 Å². The van der Waals surface area contributed by atoms with Gasteiger partial charge in [0.15, 0.2) is 5.76 Å². The number of halogens is 3. The lowest BCUT2D eigenvalue weighted by molar-refractivity contribution is -0.123. The first-order valence-electron chi connectivity index (χ1n) is 5.65. The average Bonchev–Trinajstić information content (AvgIpc) is 3.05. The fourth-order valence-corrected chi connectivity index (χ4v) is 2.19. The fraction of sp³-hybridized carbons (Fsp3) is 0.167. The molecule has 2 aromatic heterocycles. The Hall–Kier alpha value is -2.29. The lowest BCUT2D eigenvalue weighted by Crippen LogP contribution is -2.33. The molecule has 21 heavy (non-hydrogen) atoms. The van der Waals surface area contributed by atoms with Crippen LogP contribution in [-0.4, -0.2) is 24.5 Å². The lowest BCUT2D eigenvalue weighted by Gasteiger charge is -2.06. The third-order valence-electron chi connectivity index (χ3n) is 2.26. The molecule has 0 spiro atoms. The molecular formula is C12H9F3N2O3S. The molecule has 0 aliphatic heterocycles. The molecule has 9 heteroatoms. The Morgan fingerprint density at radius 2 is 1.95 bits per heavy atom. The molecule has 0 aliphatic rings. The first-order chi connectivity index (χ1) is 9.85. The third kappa shape index (κ3) is 4.35. The summed E-state index contributed by atoms with van der Waals surface area (Å²) in [6.07, 6.45) is -3.14. The summed E-state index contributed by atoms with van der Waals surface area (Å²) in [4.78, 5) is 23.2. The maximum Gasteiger partial charge on any atom is 0.405 e. The van der Waals surface area contributed by atoms with Gasteiger partial charge in [-0.25, -0.2) is 0 Å². The molecule has 5 nitrogen and oxygen atoms in total. The van der Waals surface area contributed by atoms with Gasteiger partial charge < -0.3 is 15.1 Å². The van der Waals surface area contributed by atoms with Gasteiger partial charge in [-0.15, -0.1) is 11.3 Å². The van der Waals surface area contributed by atoms with Gasteiger partial charge in [0.05, 0.1) is 16.1 Å². The van der Waals surface area contributed by atoms with Crippen LogP contribution in [0.4, 0.5) is 18.2 Å². The zero-order valence-electron chi connectivity index (χ0n) is 10.4. The van der Waals surface area contributed by atoms with Gasteiger partial charge in [-0.1, -0.05) is 0 Å². The predicted molar refractivity (Wildman–Crippen MR) is 69.4 cm³/mol. The van der Waals surface area contributed by atoms with Crippen LogP contribution in [0.2, 0.25) is 0 Å². The Morgan fingerprint density at radius 3 is 2.57 bits per heavy atom. The molecule has 2 rings (SSSR count). The minimum Gasteiger partial charge on any atom is -0.459 e. The molecule has 0 radical (unpaired) electrons. The molecule has 0 atom stereocenters. The third-order valence-corrected chi connectivity index (χ3v) is 3.26. The van der Waals surface area contributed by atoms with Gasteiger partial charge in [-0.05, 0) is 24.3 Å². The van der Waals surface area contributed by atoms with E-state index in [-0.39, 0.29) is 10.6 Å². The summed E-state index contributed by atoms with van der Waals surface area (Å²) in [6.45, 7) is -1.40. The van der Waals surface area contributed by atoms with E-state index in [1.54, 1.807) is 11.4 Å². The van der Waals surface area contributed by atoms with Gasteiger partial charge in [0.1, 0.15) is 6.54 Å². The quantitative estimate of drug-likeness (QED) is 0.910. The van der Waals surface area contributed by atoms with Gasteiger partial charge in [-0.3, -0.25) is 9.59 Å². The summed E-state index contributed by atoms with van der Waals surface area (Å²) in [5.74, 6) is -1.27. The highest BCUT2D eigenvalue weighted by molar-refractivity contribution is 7.18. The topological polar surface area (TPSA) is 71.3 Å². The summed E-state index contributed by atoms with van der Waals surface area (Å²) in [7, 11) is 0. The van der Waals surface area contributed by atoms with Crippen LogP contribution in [0.25, 0.3) is 0 Å². The van der Waals surface area contributed by atoms with Gasteiger partial charge in [0, 0.05) is 0 Å². The van der Waals surface area contributed by atoms with E-state index >= 15 is 0 Å². The molecule has 0 saturated heterocycles. The Morgan fingerprint density at radius 1 is 1.19 bits per heavy atom. The standard InChI is InChI=1S/C12H9F3N2O3S/c13-12(14,15)6-16-11(19)8-3-4-9(21-8)17-10(18)7-2-1-5-20-7/h1-5H,6H2,(H,16,19)(H,17,18). The number of nitrogens with one attached hydrogen (secondary N) is 2. The zero-order valence-corrected chi connectivity index (χ0v) is 11.2. The Balaban J connectivity index is 1.95. The number of alkyl halides is 3. The van der Waals surface area contributed by atoms with Crippen molar-refractivity contribution >= 4 is 28.2 Å². The van der Waals surface area contributed by atoms with Gasteiger partial charge in [0.25, 0.3) is 11.8 Å². The van der Waals surface area contributed by atoms with Gasteiger partial charge in [-0.2, -0.15) is 13.2 Å². The first kappa shape index (κ1) is 15.1. The molecule has 2 amide bonds. The largest absolute Gasteiger partial charge is 0.459 e. The Kier molecular flexibility index (Phi) is 4.32. The average molecular weight is 318 g/mol. The number of thiophene rings is 1. The number of amides is 2. The van der Waals surface area contributed by atoms with Crippen molar-refractivity contribution in [3.63, 3.8) is 0 Å². The molecule has 2 heterocycles. The van der Waals surface area contributed by atoms with Crippen molar-refractivity contribution in [2.24, 2.45) is 0 Å². The van der Waals surface area contributed by atoms with Crippen LogP contribution < -0.4 is 10.6 Å². The number of carbonyl (C=O) groups is 2. The van der Waals surface area contributed by atoms with E-state index in [2.05, 4.69) is 5.32 Å². The van der Waals surface area contributed by atoms with E-state index in [0.717, 1.165) is 11.3 Å². The molecule has 0 bridgehead atoms. The van der Waals surface area contributed by atoms with Crippen LogP contribution in [0, 0.1) is 0 Å². The van der Waals surface area contributed by atoms with Crippen LogP contribution in [0.1, 0.15) is 20.2 Å². The van der Waals surface area contributed by atoms with Crippen LogP contribution in [0.15, 0.2) is 34.9 Å². The molecule has 2 N–H and O–H groups in total. The summed E-state index contributed by atoms with van der Waals surface area (Å²) < 4.78 is 40.8. The predicted octanol–water partition coefficient (Wildman–Crippen LogP) is 2.89. The van der Waals surface area contributed by atoms with E-state index in [9.17, 15) is 22.8 Å². The summed E-state index contributed by atoms with van der Waals surface area (Å²) >= 11 is 0.864. The summed E-state index contributed by atoms with van der Waals surface area (Å²) in [5.41, 5.74) is 0. The van der Waals surface area contributed by atoms with Crippen LogP contribution >= 0.6 is 11.3 Å². The second-order valence-electron chi connectivity index (χ2n) is 3.89. The van der Waals surface area contributed by atoms with Crippen molar-refractivity contribution in [3.05, 3.63) is 41.2 Å². The second kappa shape index (κ2) is 6.00. The zero-order chi connectivity index (χ0) is 15.5. The number of hydrogen-bond acceptors (Lipinski definition) is 4. The fourth-order valence-electron chi connectivity index (χ4n) is 1.38. The minimum absolute atomic E-state index is 0.0639. The highest BCUT2D eigenvalue weighted by Crippen LogP contribution is 2.23. The molecule has 0 unspecified atom stereocenters. The molecule has 0 aromatic carbocycles. The van der Waals surface area contributed by atoms with Crippen molar-refractivity contribution in [2.75, 3.05) is 11.9 Å². The van der Waals surface area contributed by atoms with Crippen LogP contribution in [-0.2, 0) is 0 Å². The Labute approximate surface area is 120 Å². The monoisotopic (exact) mass is 318 g/mol. The molecule has 0 saturated carbocycles. The molecule has 112 valence electrons. The molecule has 0 aliphatic carbocycles. The molecular weight excluding hydrogens is 309 g/mol.